The first-order valence-corrected chi connectivity index (χ1v) is 6.94. The highest BCUT2D eigenvalue weighted by Gasteiger charge is 2.26. The summed E-state index contributed by atoms with van der Waals surface area (Å²) in [4.78, 5) is 5.47. The minimum atomic E-state index is 0.557. The van der Waals surface area contributed by atoms with Crippen molar-refractivity contribution >= 4 is 11.3 Å². The van der Waals surface area contributed by atoms with E-state index in [4.69, 9.17) is 5.73 Å². The van der Waals surface area contributed by atoms with E-state index in [-0.39, 0.29) is 0 Å². The second-order valence-corrected chi connectivity index (χ2v) is 6.39. The van der Waals surface area contributed by atoms with Gasteiger partial charge in [-0.1, -0.05) is 0 Å². The molecule has 0 saturated carbocycles. The summed E-state index contributed by atoms with van der Waals surface area (Å²) in [6.07, 6.45) is 1.27. The van der Waals surface area contributed by atoms with Gasteiger partial charge in [0, 0.05) is 22.3 Å². The van der Waals surface area contributed by atoms with Crippen molar-refractivity contribution < 1.29 is 0 Å². The lowest BCUT2D eigenvalue weighted by atomic mass is 10.1. The van der Waals surface area contributed by atoms with Crippen LogP contribution in [-0.2, 0) is 0 Å². The fraction of sp³-hybridized carbons (Fsp3) is 0.692. The average Bonchev–Trinajstić information content (AvgIpc) is 2.84. The van der Waals surface area contributed by atoms with Crippen LogP contribution in [-0.4, -0.2) is 24.5 Å². The van der Waals surface area contributed by atoms with E-state index in [1.807, 2.05) is 11.3 Å². The van der Waals surface area contributed by atoms with E-state index in [2.05, 4.69) is 31.7 Å². The molecule has 2 heterocycles. The Hall–Kier alpha value is -0.380. The Labute approximate surface area is 102 Å². The van der Waals surface area contributed by atoms with Gasteiger partial charge in [-0.2, -0.15) is 0 Å². The van der Waals surface area contributed by atoms with Gasteiger partial charge in [0.25, 0.3) is 0 Å². The fourth-order valence-corrected chi connectivity index (χ4v) is 3.68. The monoisotopic (exact) mass is 238 g/mol. The van der Waals surface area contributed by atoms with E-state index in [1.54, 1.807) is 0 Å². The molecular weight excluding hydrogens is 216 g/mol. The van der Waals surface area contributed by atoms with Crippen LogP contribution in [0.25, 0.3) is 0 Å². The Balaban J connectivity index is 2.08. The Kier molecular flexibility index (Phi) is 3.67. The van der Waals surface area contributed by atoms with Crippen molar-refractivity contribution in [1.82, 2.24) is 4.90 Å². The molecule has 2 nitrogen and oxygen atoms in total. The molecule has 0 amide bonds. The first-order chi connectivity index (χ1) is 7.61. The smallest absolute Gasteiger partial charge is 0.0331 e. The van der Waals surface area contributed by atoms with Gasteiger partial charge >= 0.3 is 0 Å². The first kappa shape index (κ1) is 12.1. The van der Waals surface area contributed by atoms with Crippen molar-refractivity contribution in [2.45, 2.75) is 33.2 Å². The summed E-state index contributed by atoms with van der Waals surface area (Å²) < 4.78 is 0. The predicted molar refractivity (Wildman–Crippen MR) is 70.9 cm³/mol. The number of rotatable bonds is 3. The molecule has 0 aromatic carbocycles. The van der Waals surface area contributed by atoms with Crippen molar-refractivity contribution in [2.24, 2.45) is 11.7 Å². The molecule has 1 fully saturated rings. The third-order valence-corrected chi connectivity index (χ3v) is 4.71. The number of nitrogens with zero attached hydrogens (tertiary/aromatic N) is 1. The number of hydrogen-bond acceptors (Lipinski definition) is 3. The number of thiophene rings is 1. The summed E-state index contributed by atoms with van der Waals surface area (Å²) in [7, 11) is 0. The molecule has 1 aromatic rings. The second kappa shape index (κ2) is 4.86. The number of nitrogens with two attached hydrogens (primary N) is 1. The lowest BCUT2D eigenvalue weighted by Crippen LogP contribution is -2.26. The zero-order chi connectivity index (χ0) is 11.7. The van der Waals surface area contributed by atoms with Gasteiger partial charge in [0.1, 0.15) is 0 Å². The molecule has 1 aliphatic heterocycles. The van der Waals surface area contributed by atoms with Crippen molar-refractivity contribution in [3.63, 3.8) is 0 Å². The number of aryl methyl sites for hydroxylation is 2. The molecule has 2 rings (SSSR count). The topological polar surface area (TPSA) is 29.3 Å². The van der Waals surface area contributed by atoms with Crippen molar-refractivity contribution in [3.05, 3.63) is 21.4 Å². The standard InChI is InChI=1S/C13H22N2S/c1-9-6-13(11(3)16-9)10(2)15-5-4-12(7-14)8-15/h6,10,12H,4-5,7-8,14H2,1-3H3. The predicted octanol–water partition coefficient (Wildman–Crippen LogP) is 2.71. The largest absolute Gasteiger partial charge is 0.330 e. The zero-order valence-corrected chi connectivity index (χ0v) is 11.3. The number of hydrogen-bond donors (Lipinski definition) is 1. The highest BCUT2D eigenvalue weighted by atomic mass is 32.1. The van der Waals surface area contributed by atoms with Gasteiger partial charge < -0.3 is 5.73 Å². The summed E-state index contributed by atoms with van der Waals surface area (Å²) in [6.45, 7) is 9.97. The molecule has 0 aliphatic carbocycles. The van der Waals surface area contributed by atoms with E-state index in [0.29, 0.717) is 12.0 Å². The highest BCUT2D eigenvalue weighted by molar-refractivity contribution is 7.12. The summed E-state index contributed by atoms with van der Waals surface area (Å²) in [6, 6.07) is 2.90. The van der Waals surface area contributed by atoms with Crippen molar-refractivity contribution in [2.75, 3.05) is 19.6 Å². The molecule has 2 atom stereocenters. The summed E-state index contributed by atoms with van der Waals surface area (Å²) in [5.74, 6) is 0.711. The van der Waals surface area contributed by atoms with E-state index in [0.717, 1.165) is 6.54 Å². The van der Waals surface area contributed by atoms with Gasteiger partial charge in [0.2, 0.25) is 0 Å². The fourth-order valence-electron chi connectivity index (χ4n) is 2.67. The Bertz CT molecular complexity index is 359. The van der Waals surface area contributed by atoms with Gasteiger partial charge in [-0.15, -0.1) is 11.3 Å². The molecule has 2 unspecified atom stereocenters. The normalized spacial score (nSPS) is 23.9. The SMILES string of the molecule is Cc1cc(C(C)N2CCC(CN)C2)c(C)s1. The lowest BCUT2D eigenvalue weighted by molar-refractivity contribution is 0.253. The molecular formula is C13H22N2S. The molecule has 16 heavy (non-hydrogen) atoms. The van der Waals surface area contributed by atoms with Crippen LogP contribution in [0, 0.1) is 19.8 Å². The molecule has 1 aromatic heterocycles. The van der Waals surface area contributed by atoms with E-state index >= 15 is 0 Å². The Morgan fingerprint density at radius 1 is 1.56 bits per heavy atom. The van der Waals surface area contributed by atoms with Crippen molar-refractivity contribution in [1.29, 1.82) is 0 Å². The highest BCUT2D eigenvalue weighted by Crippen LogP contribution is 2.32. The molecule has 3 heteroatoms. The van der Waals surface area contributed by atoms with Gasteiger partial charge in [0.05, 0.1) is 0 Å². The van der Waals surface area contributed by atoms with Crippen LogP contribution in [0.5, 0.6) is 0 Å². The maximum Gasteiger partial charge on any atom is 0.0331 e. The van der Waals surface area contributed by atoms with Crippen LogP contribution in [0.3, 0.4) is 0 Å². The third-order valence-electron chi connectivity index (χ3n) is 3.73. The molecule has 0 bridgehead atoms. The minimum Gasteiger partial charge on any atom is -0.330 e. The molecule has 1 saturated heterocycles. The Morgan fingerprint density at radius 2 is 2.31 bits per heavy atom. The average molecular weight is 238 g/mol. The summed E-state index contributed by atoms with van der Waals surface area (Å²) in [5.41, 5.74) is 7.26. The van der Waals surface area contributed by atoms with Crippen LogP contribution >= 0.6 is 11.3 Å². The van der Waals surface area contributed by atoms with Crippen LogP contribution in [0.1, 0.15) is 34.7 Å². The Morgan fingerprint density at radius 3 is 2.81 bits per heavy atom. The van der Waals surface area contributed by atoms with E-state index in [9.17, 15) is 0 Å². The third kappa shape index (κ3) is 2.31. The maximum atomic E-state index is 5.74. The molecule has 0 spiro atoms. The van der Waals surface area contributed by atoms with Crippen LogP contribution in [0.2, 0.25) is 0 Å². The zero-order valence-electron chi connectivity index (χ0n) is 10.5. The maximum absolute atomic E-state index is 5.74. The lowest BCUT2D eigenvalue weighted by Gasteiger charge is -2.24. The van der Waals surface area contributed by atoms with Gasteiger partial charge in [-0.3, -0.25) is 4.90 Å². The summed E-state index contributed by atoms with van der Waals surface area (Å²) in [5, 5.41) is 0. The van der Waals surface area contributed by atoms with Crippen molar-refractivity contribution in [3.8, 4) is 0 Å². The van der Waals surface area contributed by atoms with Gasteiger partial charge in [-0.05, 0) is 57.8 Å². The molecule has 0 radical (unpaired) electrons. The quantitative estimate of drug-likeness (QED) is 0.877. The molecule has 2 N–H and O–H groups in total. The minimum absolute atomic E-state index is 0.557. The van der Waals surface area contributed by atoms with E-state index < -0.39 is 0 Å². The van der Waals surface area contributed by atoms with Gasteiger partial charge in [-0.25, -0.2) is 0 Å². The van der Waals surface area contributed by atoms with Crippen LogP contribution in [0.15, 0.2) is 6.07 Å². The first-order valence-electron chi connectivity index (χ1n) is 6.13. The summed E-state index contributed by atoms with van der Waals surface area (Å²) >= 11 is 1.91. The molecule has 90 valence electrons. The number of likely N-dealkylation sites (tertiary alicyclic amines) is 1. The second-order valence-electron chi connectivity index (χ2n) is 4.93. The van der Waals surface area contributed by atoms with Crippen LogP contribution < -0.4 is 5.73 Å². The molecule has 1 aliphatic rings. The van der Waals surface area contributed by atoms with E-state index in [1.165, 1.54) is 34.8 Å². The van der Waals surface area contributed by atoms with Crippen LogP contribution in [0.4, 0.5) is 0 Å². The van der Waals surface area contributed by atoms with Gasteiger partial charge in [0.15, 0.2) is 0 Å².